The van der Waals surface area contributed by atoms with Gasteiger partial charge in [0.2, 0.25) is 0 Å². The molecule has 0 radical (unpaired) electrons. The van der Waals surface area contributed by atoms with Gasteiger partial charge in [-0.1, -0.05) is 24.3 Å². The minimum atomic E-state index is -1.02. The van der Waals surface area contributed by atoms with Crippen molar-refractivity contribution in [3.63, 3.8) is 0 Å². The Morgan fingerprint density at radius 1 is 1.24 bits per heavy atom. The summed E-state index contributed by atoms with van der Waals surface area (Å²) < 4.78 is 0. The van der Waals surface area contributed by atoms with Gasteiger partial charge in [0, 0.05) is 13.0 Å². The molecule has 1 aromatic rings. The number of rotatable bonds is 6. The van der Waals surface area contributed by atoms with Gasteiger partial charge in [0.1, 0.15) is 5.60 Å². The second-order valence-corrected chi connectivity index (χ2v) is 5.30. The van der Waals surface area contributed by atoms with Crippen LogP contribution in [-0.4, -0.2) is 35.3 Å². The van der Waals surface area contributed by atoms with Crippen LogP contribution in [0, 0.1) is 0 Å². The second-order valence-electron chi connectivity index (χ2n) is 5.30. The predicted molar refractivity (Wildman–Crippen MR) is 76.9 cm³/mol. The minimum absolute atomic E-state index is 0.0254. The van der Waals surface area contributed by atoms with E-state index < -0.39 is 17.6 Å². The Morgan fingerprint density at radius 3 is 2.76 bits per heavy atom. The van der Waals surface area contributed by atoms with Crippen LogP contribution in [0.15, 0.2) is 24.3 Å². The highest BCUT2D eigenvalue weighted by Gasteiger charge is 2.36. The lowest BCUT2D eigenvalue weighted by Gasteiger charge is -2.24. The third kappa shape index (κ3) is 3.95. The van der Waals surface area contributed by atoms with Gasteiger partial charge >= 0.3 is 12.0 Å². The van der Waals surface area contributed by atoms with Crippen LogP contribution < -0.4 is 10.6 Å². The van der Waals surface area contributed by atoms with E-state index in [1.807, 2.05) is 24.3 Å². The van der Waals surface area contributed by atoms with Crippen LogP contribution in [0.4, 0.5) is 4.79 Å². The molecule has 6 nitrogen and oxygen atoms in total. The fourth-order valence-corrected chi connectivity index (χ4v) is 2.58. The minimum Gasteiger partial charge on any atom is -0.481 e. The summed E-state index contributed by atoms with van der Waals surface area (Å²) in [5.41, 5.74) is 0.967. The molecule has 0 saturated carbocycles. The Balaban J connectivity index is 1.78. The fourth-order valence-electron chi connectivity index (χ4n) is 2.58. The number of carboxylic acid groups (broad SMARTS) is 1. The number of fused-ring (bicyclic) bond motifs is 1. The number of carboxylic acids is 1. The average molecular weight is 292 g/mol. The van der Waals surface area contributed by atoms with Crippen LogP contribution >= 0.6 is 0 Å². The van der Waals surface area contributed by atoms with Crippen molar-refractivity contribution in [3.05, 3.63) is 35.4 Å². The van der Waals surface area contributed by atoms with Crippen LogP contribution in [0.1, 0.15) is 30.4 Å². The molecule has 1 aromatic carbocycles. The number of hydrogen-bond acceptors (Lipinski definition) is 3. The number of benzene rings is 1. The van der Waals surface area contributed by atoms with Crippen molar-refractivity contribution in [2.45, 2.75) is 31.3 Å². The van der Waals surface area contributed by atoms with E-state index in [2.05, 4.69) is 10.6 Å². The topological polar surface area (TPSA) is 98.7 Å². The molecule has 2 rings (SSSR count). The Bertz CT molecular complexity index is 532. The summed E-state index contributed by atoms with van der Waals surface area (Å²) in [7, 11) is 0. The first-order chi connectivity index (χ1) is 10.0. The molecule has 2 amide bonds. The quantitative estimate of drug-likeness (QED) is 0.587. The molecule has 1 unspecified atom stereocenters. The lowest BCUT2D eigenvalue weighted by Crippen LogP contribution is -2.44. The summed E-state index contributed by atoms with van der Waals surface area (Å²) >= 11 is 0. The zero-order chi connectivity index (χ0) is 15.3. The largest absolute Gasteiger partial charge is 0.481 e. The summed E-state index contributed by atoms with van der Waals surface area (Å²) in [6.07, 6.45) is 1.80. The molecule has 1 aliphatic carbocycles. The molecular weight excluding hydrogens is 272 g/mol. The van der Waals surface area contributed by atoms with Gasteiger partial charge in [0.05, 0.1) is 6.54 Å². The van der Waals surface area contributed by atoms with Gasteiger partial charge in [0.25, 0.3) is 0 Å². The van der Waals surface area contributed by atoms with E-state index in [4.69, 9.17) is 5.11 Å². The maximum absolute atomic E-state index is 11.6. The third-order valence-electron chi connectivity index (χ3n) is 3.72. The van der Waals surface area contributed by atoms with Crippen LogP contribution in [0.5, 0.6) is 0 Å². The molecule has 1 atom stereocenters. The molecule has 6 heteroatoms. The van der Waals surface area contributed by atoms with Crippen molar-refractivity contribution < 1.29 is 19.8 Å². The molecule has 0 aromatic heterocycles. The predicted octanol–water partition coefficient (Wildman–Crippen LogP) is 0.984. The molecule has 21 heavy (non-hydrogen) atoms. The average Bonchev–Trinajstić information content (AvgIpc) is 2.80. The van der Waals surface area contributed by atoms with Crippen molar-refractivity contribution in [2.75, 3.05) is 13.1 Å². The summed E-state index contributed by atoms with van der Waals surface area (Å²) in [6, 6.07) is 7.29. The second kappa shape index (κ2) is 6.58. The van der Waals surface area contributed by atoms with Gasteiger partial charge in [-0.2, -0.15) is 0 Å². The molecule has 0 bridgehead atoms. The number of amides is 2. The van der Waals surface area contributed by atoms with E-state index in [1.165, 1.54) is 0 Å². The fraction of sp³-hybridized carbons (Fsp3) is 0.467. The highest BCUT2D eigenvalue weighted by Crippen LogP contribution is 2.35. The number of urea groups is 1. The van der Waals surface area contributed by atoms with Gasteiger partial charge in [-0.25, -0.2) is 4.79 Å². The van der Waals surface area contributed by atoms with E-state index >= 15 is 0 Å². The molecule has 4 N–H and O–H groups in total. The molecule has 0 heterocycles. The maximum Gasteiger partial charge on any atom is 0.314 e. The van der Waals surface area contributed by atoms with Crippen molar-refractivity contribution >= 4 is 12.0 Å². The number of carbonyl (C=O) groups is 2. The standard InChI is InChI=1S/C15H20N2O4/c18-13(19)6-3-9-16-14(20)17-10-15(21)8-7-11-4-1-2-5-12(11)15/h1-2,4-5,21H,3,6-10H2,(H,18,19)(H2,16,17,20). The lowest BCUT2D eigenvalue weighted by atomic mass is 9.96. The van der Waals surface area contributed by atoms with Crippen LogP contribution in [0.2, 0.25) is 0 Å². The van der Waals surface area contributed by atoms with E-state index in [0.29, 0.717) is 19.4 Å². The van der Waals surface area contributed by atoms with Crippen LogP contribution in [-0.2, 0) is 16.8 Å². The van der Waals surface area contributed by atoms with Crippen LogP contribution in [0.3, 0.4) is 0 Å². The number of carbonyl (C=O) groups excluding carboxylic acids is 1. The third-order valence-corrected chi connectivity index (χ3v) is 3.72. The van der Waals surface area contributed by atoms with Crippen molar-refractivity contribution in [1.82, 2.24) is 10.6 Å². The normalized spacial score (nSPS) is 19.9. The first-order valence-corrected chi connectivity index (χ1v) is 7.05. The maximum atomic E-state index is 11.6. The molecule has 114 valence electrons. The van der Waals surface area contributed by atoms with E-state index in [9.17, 15) is 14.7 Å². The summed E-state index contributed by atoms with van der Waals surface area (Å²) in [4.78, 5) is 22.0. The number of nitrogens with one attached hydrogen (secondary N) is 2. The van der Waals surface area contributed by atoms with Gasteiger partial charge in [-0.3, -0.25) is 4.79 Å². The van der Waals surface area contributed by atoms with Crippen molar-refractivity contribution in [3.8, 4) is 0 Å². The Morgan fingerprint density at radius 2 is 2.00 bits per heavy atom. The van der Waals surface area contributed by atoms with Crippen molar-refractivity contribution in [1.29, 1.82) is 0 Å². The SMILES string of the molecule is O=C(O)CCCNC(=O)NCC1(O)CCc2ccccc21. The number of aliphatic hydroxyl groups is 1. The first kappa shape index (κ1) is 15.3. The Hall–Kier alpha value is -2.08. The Kier molecular flexibility index (Phi) is 4.80. The van der Waals surface area contributed by atoms with E-state index in [-0.39, 0.29) is 13.0 Å². The van der Waals surface area contributed by atoms with Gasteiger partial charge in [-0.15, -0.1) is 0 Å². The smallest absolute Gasteiger partial charge is 0.314 e. The zero-order valence-electron chi connectivity index (χ0n) is 11.8. The highest BCUT2D eigenvalue weighted by molar-refractivity contribution is 5.74. The monoisotopic (exact) mass is 292 g/mol. The first-order valence-electron chi connectivity index (χ1n) is 7.05. The molecule has 1 aliphatic rings. The number of aryl methyl sites for hydroxylation is 1. The zero-order valence-corrected chi connectivity index (χ0v) is 11.8. The highest BCUT2D eigenvalue weighted by atomic mass is 16.4. The Labute approximate surface area is 123 Å². The van der Waals surface area contributed by atoms with Gasteiger partial charge < -0.3 is 20.8 Å². The molecular formula is C15H20N2O4. The summed E-state index contributed by atoms with van der Waals surface area (Å²) in [6.45, 7) is 0.446. The van der Waals surface area contributed by atoms with Crippen LogP contribution in [0.25, 0.3) is 0 Å². The summed E-state index contributed by atoms with van der Waals surface area (Å²) in [5, 5.41) is 24.3. The lowest BCUT2D eigenvalue weighted by molar-refractivity contribution is -0.137. The molecule has 0 saturated heterocycles. The molecule has 0 spiro atoms. The molecule has 0 fully saturated rings. The van der Waals surface area contributed by atoms with E-state index in [0.717, 1.165) is 17.5 Å². The van der Waals surface area contributed by atoms with Gasteiger partial charge in [-0.05, 0) is 30.4 Å². The van der Waals surface area contributed by atoms with E-state index in [1.54, 1.807) is 0 Å². The molecule has 0 aliphatic heterocycles. The number of hydrogen-bond donors (Lipinski definition) is 4. The van der Waals surface area contributed by atoms with Gasteiger partial charge in [0.15, 0.2) is 0 Å². The van der Waals surface area contributed by atoms with Crippen molar-refractivity contribution in [2.24, 2.45) is 0 Å². The number of aliphatic carboxylic acids is 1. The summed E-state index contributed by atoms with van der Waals surface area (Å²) in [5.74, 6) is -0.880.